The van der Waals surface area contributed by atoms with Crippen LogP contribution >= 0.6 is 0 Å². The maximum absolute atomic E-state index is 13.4. The van der Waals surface area contributed by atoms with Crippen molar-refractivity contribution in [3.8, 4) is 5.75 Å². The highest BCUT2D eigenvalue weighted by atomic mass is 19.1. The highest BCUT2D eigenvalue weighted by Crippen LogP contribution is 2.30. The summed E-state index contributed by atoms with van der Waals surface area (Å²) in [6.45, 7) is 6.29. The highest BCUT2D eigenvalue weighted by Gasteiger charge is 2.15. The van der Waals surface area contributed by atoms with E-state index >= 15 is 0 Å². The van der Waals surface area contributed by atoms with Crippen molar-refractivity contribution in [2.45, 2.75) is 26.8 Å². The van der Waals surface area contributed by atoms with Gasteiger partial charge in [-0.3, -0.25) is 0 Å². The lowest BCUT2D eigenvalue weighted by molar-refractivity contribution is 0.335. The number of benzene rings is 2. The molecule has 0 amide bonds. The van der Waals surface area contributed by atoms with Crippen molar-refractivity contribution in [1.29, 1.82) is 0 Å². The van der Waals surface area contributed by atoms with Crippen molar-refractivity contribution in [2.75, 3.05) is 6.61 Å². The molecule has 2 rings (SSSR count). The zero-order chi connectivity index (χ0) is 14.7. The third-order valence-corrected chi connectivity index (χ3v) is 3.34. The van der Waals surface area contributed by atoms with Crippen LogP contribution in [0.3, 0.4) is 0 Å². The van der Waals surface area contributed by atoms with Crippen LogP contribution in [0.4, 0.5) is 4.39 Å². The summed E-state index contributed by atoms with van der Waals surface area (Å²) in [5.74, 6) is 0.572. The van der Waals surface area contributed by atoms with E-state index in [2.05, 4.69) is 0 Å². The Morgan fingerprint density at radius 3 is 2.55 bits per heavy atom. The molecule has 2 aromatic rings. The average molecular weight is 273 g/mol. The molecular formula is C17H20FNO. The Balaban J connectivity index is 2.43. The van der Waals surface area contributed by atoms with E-state index in [-0.39, 0.29) is 11.9 Å². The summed E-state index contributed by atoms with van der Waals surface area (Å²) in [4.78, 5) is 0. The fourth-order valence-corrected chi connectivity index (χ4v) is 2.24. The molecule has 20 heavy (non-hydrogen) atoms. The molecule has 0 aliphatic heterocycles. The molecule has 0 radical (unpaired) electrons. The van der Waals surface area contributed by atoms with E-state index in [0.717, 1.165) is 22.4 Å². The second-order valence-corrected chi connectivity index (χ2v) is 4.96. The Hall–Kier alpha value is -1.87. The Morgan fingerprint density at radius 1 is 1.15 bits per heavy atom. The van der Waals surface area contributed by atoms with Crippen LogP contribution in [0, 0.1) is 19.7 Å². The molecule has 2 N–H and O–H groups in total. The number of nitrogens with two attached hydrogens (primary N) is 1. The summed E-state index contributed by atoms with van der Waals surface area (Å²) < 4.78 is 19.0. The van der Waals surface area contributed by atoms with Crippen molar-refractivity contribution in [1.82, 2.24) is 0 Å². The first-order valence-corrected chi connectivity index (χ1v) is 6.78. The molecule has 106 valence electrons. The van der Waals surface area contributed by atoms with Crippen LogP contribution in [-0.2, 0) is 0 Å². The minimum absolute atomic E-state index is 0.213. The van der Waals surface area contributed by atoms with E-state index in [9.17, 15) is 4.39 Å². The van der Waals surface area contributed by atoms with Gasteiger partial charge in [-0.25, -0.2) is 4.39 Å². The van der Waals surface area contributed by atoms with Crippen LogP contribution in [0.5, 0.6) is 5.75 Å². The fourth-order valence-electron chi connectivity index (χ4n) is 2.24. The molecule has 0 saturated carbocycles. The minimum atomic E-state index is -0.323. The number of hydrogen-bond acceptors (Lipinski definition) is 2. The van der Waals surface area contributed by atoms with Crippen LogP contribution < -0.4 is 10.5 Å². The number of hydrogen-bond donors (Lipinski definition) is 1. The van der Waals surface area contributed by atoms with Gasteiger partial charge in [0.25, 0.3) is 0 Å². The molecule has 1 atom stereocenters. The van der Waals surface area contributed by atoms with E-state index in [0.29, 0.717) is 12.2 Å². The van der Waals surface area contributed by atoms with Crippen molar-refractivity contribution < 1.29 is 9.13 Å². The van der Waals surface area contributed by atoms with Crippen LogP contribution in [0.15, 0.2) is 36.4 Å². The topological polar surface area (TPSA) is 35.2 Å². The molecular weight excluding hydrogens is 253 g/mol. The maximum Gasteiger partial charge on any atom is 0.126 e. The van der Waals surface area contributed by atoms with Crippen molar-refractivity contribution >= 4 is 0 Å². The van der Waals surface area contributed by atoms with Gasteiger partial charge in [-0.05, 0) is 44.0 Å². The number of halogens is 1. The second kappa shape index (κ2) is 6.06. The summed E-state index contributed by atoms with van der Waals surface area (Å²) in [5.41, 5.74) is 9.87. The summed E-state index contributed by atoms with van der Waals surface area (Å²) in [7, 11) is 0. The van der Waals surface area contributed by atoms with Crippen molar-refractivity contribution in [3.05, 3.63) is 64.5 Å². The normalized spacial score (nSPS) is 12.2. The molecule has 0 saturated heterocycles. The fraction of sp³-hybridized carbons (Fsp3) is 0.294. The lowest BCUT2D eigenvalue weighted by Gasteiger charge is -2.18. The molecule has 1 unspecified atom stereocenters. The van der Waals surface area contributed by atoms with E-state index in [1.54, 1.807) is 19.1 Å². The van der Waals surface area contributed by atoms with E-state index in [1.165, 1.54) is 6.07 Å². The summed E-state index contributed by atoms with van der Waals surface area (Å²) in [6, 6.07) is 10.6. The molecule has 0 aliphatic carbocycles. The molecule has 0 spiro atoms. The Morgan fingerprint density at radius 2 is 1.90 bits per heavy atom. The standard InChI is InChI=1S/C17H20FNO/c1-4-20-16-8-5-11(2)9-14(16)17(19)13-6-7-15(18)12(3)10-13/h5-10,17H,4,19H2,1-3H3. The van der Waals surface area contributed by atoms with Gasteiger partial charge in [-0.15, -0.1) is 0 Å². The smallest absolute Gasteiger partial charge is 0.126 e. The molecule has 0 heterocycles. The van der Waals surface area contributed by atoms with Gasteiger partial charge in [0.1, 0.15) is 11.6 Å². The molecule has 2 aromatic carbocycles. The Kier molecular flexibility index (Phi) is 4.40. The molecule has 0 aliphatic rings. The third kappa shape index (κ3) is 2.99. The zero-order valence-electron chi connectivity index (χ0n) is 12.1. The van der Waals surface area contributed by atoms with E-state index < -0.39 is 0 Å². The average Bonchev–Trinajstić information content (AvgIpc) is 2.43. The van der Waals surface area contributed by atoms with Gasteiger partial charge in [0.15, 0.2) is 0 Å². The van der Waals surface area contributed by atoms with Gasteiger partial charge in [0.05, 0.1) is 12.6 Å². The van der Waals surface area contributed by atoms with E-state index in [1.807, 2.05) is 32.0 Å². The number of ether oxygens (including phenoxy) is 1. The summed E-state index contributed by atoms with van der Waals surface area (Å²) in [5, 5.41) is 0. The van der Waals surface area contributed by atoms with Crippen LogP contribution in [0.1, 0.15) is 35.2 Å². The third-order valence-electron chi connectivity index (χ3n) is 3.34. The first-order chi connectivity index (χ1) is 9.52. The van der Waals surface area contributed by atoms with Gasteiger partial charge >= 0.3 is 0 Å². The lowest BCUT2D eigenvalue weighted by Crippen LogP contribution is -2.14. The Bertz CT molecular complexity index is 610. The molecule has 0 aromatic heterocycles. The minimum Gasteiger partial charge on any atom is -0.494 e. The highest BCUT2D eigenvalue weighted by molar-refractivity contribution is 5.44. The molecule has 0 bridgehead atoms. The summed E-state index contributed by atoms with van der Waals surface area (Å²) >= 11 is 0. The SMILES string of the molecule is CCOc1ccc(C)cc1C(N)c1ccc(F)c(C)c1. The largest absolute Gasteiger partial charge is 0.494 e. The first kappa shape index (κ1) is 14.5. The maximum atomic E-state index is 13.4. The van der Waals surface area contributed by atoms with Crippen molar-refractivity contribution in [3.63, 3.8) is 0 Å². The molecule has 2 nitrogen and oxygen atoms in total. The van der Waals surface area contributed by atoms with Crippen LogP contribution in [0.2, 0.25) is 0 Å². The van der Waals surface area contributed by atoms with Crippen LogP contribution in [0.25, 0.3) is 0 Å². The lowest BCUT2D eigenvalue weighted by atomic mass is 9.96. The second-order valence-electron chi connectivity index (χ2n) is 4.96. The van der Waals surface area contributed by atoms with Gasteiger partial charge in [0.2, 0.25) is 0 Å². The van der Waals surface area contributed by atoms with Gasteiger partial charge in [-0.2, -0.15) is 0 Å². The van der Waals surface area contributed by atoms with Crippen molar-refractivity contribution in [2.24, 2.45) is 5.73 Å². The van der Waals surface area contributed by atoms with Crippen LogP contribution in [-0.4, -0.2) is 6.61 Å². The van der Waals surface area contributed by atoms with E-state index in [4.69, 9.17) is 10.5 Å². The zero-order valence-corrected chi connectivity index (χ0v) is 12.1. The number of aryl methyl sites for hydroxylation is 2. The molecule has 0 fully saturated rings. The quantitative estimate of drug-likeness (QED) is 0.917. The van der Waals surface area contributed by atoms with Gasteiger partial charge in [-0.1, -0.05) is 29.8 Å². The van der Waals surface area contributed by atoms with Gasteiger partial charge < -0.3 is 10.5 Å². The molecule has 3 heteroatoms. The number of rotatable bonds is 4. The predicted molar refractivity (Wildman–Crippen MR) is 79.5 cm³/mol. The van der Waals surface area contributed by atoms with Gasteiger partial charge in [0, 0.05) is 5.56 Å². The summed E-state index contributed by atoms with van der Waals surface area (Å²) in [6.07, 6.45) is 0. The predicted octanol–water partition coefficient (Wildman–Crippen LogP) is 3.89. The Labute approximate surface area is 119 Å². The first-order valence-electron chi connectivity index (χ1n) is 6.78. The monoisotopic (exact) mass is 273 g/mol.